The summed E-state index contributed by atoms with van der Waals surface area (Å²) in [4.78, 5) is 13.2. The molecule has 21 heavy (non-hydrogen) atoms. The van der Waals surface area contributed by atoms with E-state index in [0.29, 0.717) is 5.56 Å². The summed E-state index contributed by atoms with van der Waals surface area (Å²) >= 11 is 0. The molecular formula is C16H25N3O2. The SMILES string of the molecule is Cc1ccc(C(C)NCCN2CCCCC2)cc1[N+](=O)[O-]. The van der Waals surface area contributed by atoms with E-state index in [9.17, 15) is 10.1 Å². The Morgan fingerprint density at radius 2 is 2.05 bits per heavy atom. The monoisotopic (exact) mass is 291 g/mol. The number of hydrogen-bond donors (Lipinski definition) is 1. The number of hydrogen-bond acceptors (Lipinski definition) is 4. The first-order valence-electron chi connectivity index (χ1n) is 7.78. The van der Waals surface area contributed by atoms with Crippen molar-refractivity contribution >= 4 is 5.69 Å². The van der Waals surface area contributed by atoms with Gasteiger partial charge in [-0.1, -0.05) is 18.6 Å². The van der Waals surface area contributed by atoms with E-state index < -0.39 is 0 Å². The minimum atomic E-state index is -0.306. The van der Waals surface area contributed by atoms with E-state index in [1.54, 1.807) is 13.0 Å². The Kier molecular flexibility index (Phi) is 5.70. The fourth-order valence-electron chi connectivity index (χ4n) is 2.83. The van der Waals surface area contributed by atoms with Crippen LogP contribution in [0.4, 0.5) is 5.69 Å². The predicted molar refractivity (Wildman–Crippen MR) is 84.5 cm³/mol. The quantitative estimate of drug-likeness (QED) is 0.646. The van der Waals surface area contributed by atoms with Crippen LogP contribution in [0.15, 0.2) is 18.2 Å². The second-order valence-corrected chi connectivity index (χ2v) is 5.88. The molecule has 0 aliphatic carbocycles. The van der Waals surface area contributed by atoms with E-state index in [-0.39, 0.29) is 16.7 Å². The lowest BCUT2D eigenvalue weighted by molar-refractivity contribution is -0.385. The Morgan fingerprint density at radius 3 is 2.71 bits per heavy atom. The molecule has 1 N–H and O–H groups in total. The molecule has 0 spiro atoms. The Bertz CT molecular complexity index is 484. The van der Waals surface area contributed by atoms with Crippen LogP contribution in [-0.4, -0.2) is 36.0 Å². The number of rotatable bonds is 6. The first-order chi connectivity index (χ1) is 10.1. The van der Waals surface area contributed by atoms with E-state index in [1.165, 1.54) is 32.4 Å². The number of aryl methyl sites for hydroxylation is 1. The standard InChI is InChI=1S/C16H25N3O2/c1-13-6-7-15(12-16(13)19(20)21)14(2)17-8-11-18-9-4-3-5-10-18/h6-7,12,14,17H,3-5,8-11H2,1-2H3. The van der Waals surface area contributed by atoms with Crippen LogP contribution in [0.3, 0.4) is 0 Å². The Morgan fingerprint density at radius 1 is 1.33 bits per heavy atom. The van der Waals surface area contributed by atoms with Crippen LogP contribution in [-0.2, 0) is 0 Å². The summed E-state index contributed by atoms with van der Waals surface area (Å²) in [6, 6.07) is 5.62. The highest BCUT2D eigenvalue weighted by Crippen LogP contribution is 2.23. The van der Waals surface area contributed by atoms with Crippen LogP contribution in [0.2, 0.25) is 0 Å². The van der Waals surface area contributed by atoms with Gasteiger partial charge in [-0.2, -0.15) is 0 Å². The number of nitro benzene ring substituents is 1. The molecule has 0 aromatic heterocycles. The van der Waals surface area contributed by atoms with E-state index in [1.807, 2.05) is 12.1 Å². The van der Waals surface area contributed by atoms with Crippen LogP contribution in [0, 0.1) is 17.0 Å². The summed E-state index contributed by atoms with van der Waals surface area (Å²) < 4.78 is 0. The van der Waals surface area contributed by atoms with Crippen LogP contribution in [0.1, 0.15) is 43.4 Å². The van der Waals surface area contributed by atoms with Gasteiger partial charge in [0.25, 0.3) is 5.69 Å². The molecule has 1 aliphatic rings. The minimum absolute atomic E-state index is 0.133. The summed E-state index contributed by atoms with van der Waals surface area (Å²) in [6.07, 6.45) is 3.97. The first kappa shape index (κ1) is 15.9. The molecule has 2 rings (SSSR count). The minimum Gasteiger partial charge on any atom is -0.309 e. The highest BCUT2D eigenvalue weighted by molar-refractivity contribution is 5.43. The van der Waals surface area contributed by atoms with Crippen LogP contribution < -0.4 is 5.32 Å². The number of likely N-dealkylation sites (tertiary alicyclic amines) is 1. The number of piperidine rings is 1. The van der Waals surface area contributed by atoms with Gasteiger partial charge in [0.15, 0.2) is 0 Å². The van der Waals surface area contributed by atoms with Gasteiger partial charge in [0.1, 0.15) is 0 Å². The highest BCUT2D eigenvalue weighted by atomic mass is 16.6. The number of benzene rings is 1. The van der Waals surface area contributed by atoms with Crippen molar-refractivity contribution in [2.45, 2.75) is 39.2 Å². The maximum atomic E-state index is 11.0. The molecule has 1 aliphatic heterocycles. The third-order valence-corrected chi connectivity index (χ3v) is 4.26. The summed E-state index contributed by atoms with van der Waals surface area (Å²) in [5.74, 6) is 0. The molecule has 0 saturated carbocycles. The van der Waals surface area contributed by atoms with Gasteiger partial charge < -0.3 is 10.2 Å². The zero-order chi connectivity index (χ0) is 15.2. The van der Waals surface area contributed by atoms with Gasteiger partial charge in [-0.3, -0.25) is 10.1 Å². The topological polar surface area (TPSA) is 58.4 Å². The molecule has 5 heteroatoms. The van der Waals surface area contributed by atoms with Crippen LogP contribution >= 0.6 is 0 Å². The summed E-state index contributed by atoms with van der Waals surface area (Å²) in [7, 11) is 0. The summed E-state index contributed by atoms with van der Waals surface area (Å²) in [6.45, 7) is 8.21. The highest BCUT2D eigenvalue weighted by Gasteiger charge is 2.15. The van der Waals surface area contributed by atoms with Crippen molar-refractivity contribution in [2.24, 2.45) is 0 Å². The third-order valence-electron chi connectivity index (χ3n) is 4.26. The fourth-order valence-corrected chi connectivity index (χ4v) is 2.83. The van der Waals surface area contributed by atoms with Gasteiger partial charge in [-0.15, -0.1) is 0 Å². The van der Waals surface area contributed by atoms with Crippen molar-refractivity contribution in [3.8, 4) is 0 Å². The van der Waals surface area contributed by atoms with Crippen LogP contribution in [0.5, 0.6) is 0 Å². The lowest BCUT2D eigenvalue weighted by Crippen LogP contribution is -2.36. The number of nitro groups is 1. The molecule has 1 aromatic rings. The lowest BCUT2D eigenvalue weighted by Gasteiger charge is -2.27. The van der Waals surface area contributed by atoms with E-state index >= 15 is 0 Å². The van der Waals surface area contributed by atoms with Crippen LogP contribution in [0.25, 0.3) is 0 Å². The van der Waals surface area contributed by atoms with Gasteiger partial charge in [-0.25, -0.2) is 0 Å². The molecule has 1 aromatic carbocycles. The Labute approximate surface area is 126 Å². The second kappa shape index (κ2) is 7.52. The van der Waals surface area contributed by atoms with E-state index in [4.69, 9.17) is 0 Å². The molecule has 1 unspecified atom stereocenters. The van der Waals surface area contributed by atoms with Gasteiger partial charge in [0.05, 0.1) is 4.92 Å². The fraction of sp³-hybridized carbons (Fsp3) is 0.625. The zero-order valence-corrected chi connectivity index (χ0v) is 13.0. The molecule has 116 valence electrons. The van der Waals surface area contributed by atoms with Gasteiger partial charge in [0, 0.05) is 30.8 Å². The van der Waals surface area contributed by atoms with Gasteiger partial charge >= 0.3 is 0 Å². The molecule has 0 radical (unpaired) electrons. The van der Waals surface area contributed by atoms with Crippen molar-refractivity contribution in [1.82, 2.24) is 10.2 Å². The molecule has 1 saturated heterocycles. The van der Waals surface area contributed by atoms with Gasteiger partial charge in [-0.05, 0) is 45.3 Å². The molecule has 1 fully saturated rings. The average molecular weight is 291 g/mol. The molecule has 1 atom stereocenters. The molecule has 0 bridgehead atoms. The van der Waals surface area contributed by atoms with Crippen molar-refractivity contribution < 1.29 is 4.92 Å². The predicted octanol–water partition coefficient (Wildman–Crippen LogP) is 3.04. The average Bonchev–Trinajstić information content (AvgIpc) is 2.48. The Hall–Kier alpha value is -1.46. The summed E-state index contributed by atoms with van der Waals surface area (Å²) in [5.41, 5.74) is 1.90. The van der Waals surface area contributed by atoms with Crippen molar-refractivity contribution in [1.29, 1.82) is 0 Å². The van der Waals surface area contributed by atoms with Crippen molar-refractivity contribution in [2.75, 3.05) is 26.2 Å². The maximum absolute atomic E-state index is 11.0. The second-order valence-electron chi connectivity index (χ2n) is 5.88. The number of nitrogens with one attached hydrogen (secondary N) is 1. The molecule has 5 nitrogen and oxygen atoms in total. The van der Waals surface area contributed by atoms with Gasteiger partial charge in [0.2, 0.25) is 0 Å². The molecule has 1 heterocycles. The summed E-state index contributed by atoms with van der Waals surface area (Å²) in [5, 5.41) is 14.5. The van der Waals surface area contributed by atoms with Crippen molar-refractivity contribution in [3.05, 3.63) is 39.4 Å². The molecule has 0 amide bonds. The van der Waals surface area contributed by atoms with E-state index in [0.717, 1.165) is 18.7 Å². The lowest BCUT2D eigenvalue weighted by atomic mass is 10.0. The smallest absolute Gasteiger partial charge is 0.272 e. The van der Waals surface area contributed by atoms with Crippen molar-refractivity contribution in [3.63, 3.8) is 0 Å². The number of nitrogens with zero attached hydrogens (tertiary/aromatic N) is 2. The Balaban J connectivity index is 1.86. The third kappa shape index (κ3) is 4.51. The zero-order valence-electron chi connectivity index (χ0n) is 13.0. The largest absolute Gasteiger partial charge is 0.309 e. The normalized spacial score (nSPS) is 17.6. The molecular weight excluding hydrogens is 266 g/mol. The first-order valence-corrected chi connectivity index (χ1v) is 7.78. The van der Waals surface area contributed by atoms with E-state index in [2.05, 4.69) is 17.1 Å². The maximum Gasteiger partial charge on any atom is 0.272 e.